The first-order valence-corrected chi connectivity index (χ1v) is 10.4. The number of aryl methyl sites for hydroxylation is 2. The van der Waals surface area contributed by atoms with Crippen LogP contribution in [-0.4, -0.2) is 30.9 Å². The largest absolute Gasteiger partial charge is 0.469 e. The number of ketones is 1. The van der Waals surface area contributed by atoms with Crippen molar-refractivity contribution in [1.82, 2.24) is 19.3 Å². The fourth-order valence-electron chi connectivity index (χ4n) is 3.56. The average molecular weight is 425 g/mol. The van der Waals surface area contributed by atoms with E-state index in [0.717, 1.165) is 22.7 Å². The SMILES string of the molecule is Cc1occc1-c1nnc(SCC(=O)c2cc(C)n(-c3cccc(F)c3)c2C)n1C. The molecule has 0 spiro atoms. The fraction of sp³-hybridized carbons (Fsp3) is 0.227. The third-order valence-electron chi connectivity index (χ3n) is 5.06. The van der Waals surface area contributed by atoms with E-state index in [9.17, 15) is 9.18 Å². The van der Waals surface area contributed by atoms with Crippen LogP contribution < -0.4 is 0 Å². The summed E-state index contributed by atoms with van der Waals surface area (Å²) in [7, 11) is 1.87. The maximum absolute atomic E-state index is 13.7. The summed E-state index contributed by atoms with van der Waals surface area (Å²) in [4.78, 5) is 12.9. The van der Waals surface area contributed by atoms with Crippen molar-refractivity contribution >= 4 is 17.5 Å². The minimum Gasteiger partial charge on any atom is -0.469 e. The van der Waals surface area contributed by atoms with Gasteiger partial charge in [0.2, 0.25) is 0 Å². The van der Waals surface area contributed by atoms with Crippen LogP contribution >= 0.6 is 11.8 Å². The minimum absolute atomic E-state index is 0.0141. The first-order valence-electron chi connectivity index (χ1n) is 9.41. The second kappa shape index (κ2) is 7.95. The second-order valence-electron chi connectivity index (χ2n) is 7.07. The van der Waals surface area contributed by atoms with Crippen molar-refractivity contribution in [3.05, 3.63) is 71.2 Å². The number of hydrogen-bond donors (Lipinski definition) is 0. The van der Waals surface area contributed by atoms with Crippen molar-refractivity contribution < 1.29 is 13.6 Å². The molecule has 0 amide bonds. The number of nitrogens with zero attached hydrogens (tertiary/aromatic N) is 4. The molecule has 0 unspecified atom stereocenters. The quantitative estimate of drug-likeness (QED) is 0.325. The van der Waals surface area contributed by atoms with Gasteiger partial charge in [-0.1, -0.05) is 17.8 Å². The average Bonchev–Trinajstić information content (AvgIpc) is 3.37. The second-order valence-corrected chi connectivity index (χ2v) is 8.01. The van der Waals surface area contributed by atoms with Crippen LogP contribution in [0.4, 0.5) is 4.39 Å². The van der Waals surface area contributed by atoms with E-state index in [1.807, 2.05) is 55.2 Å². The Bertz CT molecular complexity index is 1240. The fourth-order valence-corrected chi connectivity index (χ4v) is 4.35. The van der Waals surface area contributed by atoms with Crippen LogP contribution in [-0.2, 0) is 7.05 Å². The molecule has 0 aliphatic heterocycles. The Balaban J connectivity index is 1.54. The van der Waals surface area contributed by atoms with Crippen LogP contribution in [0.2, 0.25) is 0 Å². The predicted octanol–water partition coefficient (Wildman–Crippen LogP) is 4.91. The molecule has 3 heterocycles. The topological polar surface area (TPSA) is 65.8 Å². The van der Waals surface area contributed by atoms with Gasteiger partial charge in [0.1, 0.15) is 11.6 Å². The molecule has 0 aliphatic carbocycles. The molecule has 0 aliphatic rings. The zero-order valence-corrected chi connectivity index (χ0v) is 18.0. The Kier molecular flexibility index (Phi) is 5.34. The molecule has 1 aromatic carbocycles. The maximum atomic E-state index is 13.7. The number of carbonyl (C=O) groups excluding carboxylic acids is 1. The van der Waals surface area contributed by atoms with Gasteiger partial charge in [-0.3, -0.25) is 4.79 Å². The molecule has 0 saturated heterocycles. The van der Waals surface area contributed by atoms with Gasteiger partial charge in [-0.25, -0.2) is 4.39 Å². The lowest BCUT2D eigenvalue weighted by atomic mass is 10.2. The Morgan fingerprint density at radius 2 is 1.97 bits per heavy atom. The number of rotatable bonds is 6. The van der Waals surface area contributed by atoms with Gasteiger partial charge in [-0.05, 0) is 51.1 Å². The van der Waals surface area contributed by atoms with Crippen molar-refractivity contribution in [1.29, 1.82) is 0 Å². The summed E-state index contributed by atoms with van der Waals surface area (Å²) < 4.78 is 22.7. The zero-order chi connectivity index (χ0) is 21.4. The summed E-state index contributed by atoms with van der Waals surface area (Å²) in [6.45, 7) is 5.65. The van der Waals surface area contributed by atoms with Crippen LogP contribution in [0.3, 0.4) is 0 Å². The summed E-state index contributed by atoms with van der Waals surface area (Å²) in [5.41, 5.74) is 3.86. The molecule has 6 nitrogen and oxygen atoms in total. The molecule has 4 aromatic rings. The molecule has 154 valence electrons. The highest BCUT2D eigenvalue weighted by molar-refractivity contribution is 7.99. The lowest BCUT2D eigenvalue weighted by molar-refractivity contribution is 0.102. The summed E-state index contributed by atoms with van der Waals surface area (Å²) in [6, 6.07) is 10.0. The first-order chi connectivity index (χ1) is 14.4. The van der Waals surface area contributed by atoms with Crippen molar-refractivity contribution in [2.24, 2.45) is 7.05 Å². The molecule has 0 atom stereocenters. The van der Waals surface area contributed by atoms with Crippen LogP contribution in [0.15, 0.2) is 52.2 Å². The Labute approximate surface area is 177 Å². The van der Waals surface area contributed by atoms with Gasteiger partial charge in [0.05, 0.1) is 17.6 Å². The van der Waals surface area contributed by atoms with Crippen LogP contribution in [0, 0.1) is 26.6 Å². The van der Waals surface area contributed by atoms with Gasteiger partial charge in [0.15, 0.2) is 16.8 Å². The molecule has 4 rings (SSSR count). The first kappa shape index (κ1) is 20.2. The van der Waals surface area contributed by atoms with Gasteiger partial charge in [-0.2, -0.15) is 0 Å². The number of carbonyl (C=O) groups is 1. The molecule has 0 saturated carbocycles. The summed E-state index contributed by atoms with van der Waals surface area (Å²) in [6.07, 6.45) is 1.62. The molecule has 0 fully saturated rings. The molecule has 0 radical (unpaired) electrons. The van der Waals surface area contributed by atoms with E-state index in [-0.39, 0.29) is 17.4 Å². The molecule has 3 aromatic heterocycles. The van der Waals surface area contributed by atoms with E-state index in [1.165, 1.54) is 23.9 Å². The third-order valence-corrected chi connectivity index (χ3v) is 6.09. The summed E-state index contributed by atoms with van der Waals surface area (Å²) >= 11 is 1.34. The van der Waals surface area contributed by atoms with E-state index >= 15 is 0 Å². The zero-order valence-electron chi connectivity index (χ0n) is 17.1. The van der Waals surface area contributed by atoms with Crippen molar-refractivity contribution in [2.75, 3.05) is 5.75 Å². The van der Waals surface area contributed by atoms with Gasteiger partial charge < -0.3 is 13.6 Å². The molecule has 0 N–H and O–H groups in total. The summed E-state index contributed by atoms with van der Waals surface area (Å²) in [5.74, 6) is 1.36. The Morgan fingerprint density at radius 1 is 1.17 bits per heavy atom. The number of benzene rings is 1. The highest BCUT2D eigenvalue weighted by Gasteiger charge is 2.20. The summed E-state index contributed by atoms with van der Waals surface area (Å²) in [5, 5.41) is 9.10. The van der Waals surface area contributed by atoms with E-state index in [2.05, 4.69) is 10.2 Å². The van der Waals surface area contributed by atoms with Crippen molar-refractivity contribution in [3.8, 4) is 17.1 Å². The molecule has 0 bridgehead atoms. The lowest BCUT2D eigenvalue weighted by Crippen LogP contribution is -2.06. The smallest absolute Gasteiger partial charge is 0.191 e. The number of aromatic nitrogens is 4. The van der Waals surface area contributed by atoms with Crippen LogP contribution in [0.5, 0.6) is 0 Å². The van der Waals surface area contributed by atoms with Crippen LogP contribution in [0.1, 0.15) is 27.5 Å². The van der Waals surface area contributed by atoms with Gasteiger partial charge in [0.25, 0.3) is 0 Å². The van der Waals surface area contributed by atoms with Crippen molar-refractivity contribution in [3.63, 3.8) is 0 Å². The molecule has 8 heteroatoms. The van der Waals surface area contributed by atoms with E-state index in [0.29, 0.717) is 22.2 Å². The number of furan rings is 1. The normalized spacial score (nSPS) is 11.2. The minimum atomic E-state index is -0.311. The monoisotopic (exact) mass is 424 g/mol. The Hall–Kier alpha value is -3.13. The molecular weight excluding hydrogens is 403 g/mol. The number of halogens is 1. The lowest BCUT2D eigenvalue weighted by Gasteiger charge is -2.10. The van der Waals surface area contributed by atoms with Gasteiger partial charge in [-0.15, -0.1) is 10.2 Å². The number of Topliss-reactive ketones (excluding diaryl/α,β-unsaturated/α-hetero) is 1. The third kappa shape index (κ3) is 3.59. The maximum Gasteiger partial charge on any atom is 0.191 e. The highest BCUT2D eigenvalue weighted by atomic mass is 32.2. The van der Waals surface area contributed by atoms with E-state index in [4.69, 9.17) is 4.42 Å². The van der Waals surface area contributed by atoms with Gasteiger partial charge >= 0.3 is 0 Å². The van der Waals surface area contributed by atoms with E-state index in [1.54, 1.807) is 12.3 Å². The van der Waals surface area contributed by atoms with Crippen molar-refractivity contribution in [2.45, 2.75) is 25.9 Å². The molecule has 30 heavy (non-hydrogen) atoms. The van der Waals surface area contributed by atoms with Crippen LogP contribution in [0.25, 0.3) is 17.1 Å². The number of hydrogen-bond acceptors (Lipinski definition) is 5. The predicted molar refractivity (Wildman–Crippen MR) is 114 cm³/mol. The standard InChI is InChI=1S/C22H21FN4O2S/c1-13-10-19(14(2)27(13)17-7-5-6-16(23)11-17)20(28)12-30-22-25-24-21(26(22)4)18-8-9-29-15(18)3/h5-11H,12H2,1-4H3. The Morgan fingerprint density at radius 3 is 2.67 bits per heavy atom. The van der Waals surface area contributed by atoms with Gasteiger partial charge in [0, 0.05) is 29.7 Å². The van der Waals surface area contributed by atoms with E-state index < -0.39 is 0 Å². The molecular formula is C22H21FN4O2S. The number of thioether (sulfide) groups is 1. The highest BCUT2D eigenvalue weighted by Crippen LogP contribution is 2.27.